The number of aromatic nitrogens is 1. The fourth-order valence-corrected chi connectivity index (χ4v) is 2.37. The van der Waals surface area contributed by atoms with Crippen molar-refractivity contribution in [3.05, 3.63) is 34.2 Å². The lowest BCUT2D eigenvalue weighted by Gasteiger charge is -2.19. The molecule has 0 radical (unpaired) electrons. The van der Waals surface area contributed by atoms with Gasteiger partial charge in [0.05, 0.1) is 0 Å². The molecule has 1 unspecified atom stereocenters. The lowest BCUT2D eigenvalue weighted by molar-refractivity contribution is -0.144. The summed E-state index contributed by atoms with van der Waals surface area (Å²) in [5, 5.41) is 0.583. The predicted molar refractivity (Wildman–Crippen MR) is 67.9 cm³/mol. The average molecular weight is 326 g/mol. The quantitative estimate of drug-likeness (QED) is 0.757. The van der Waals surface area contributed by atoms with Crippen molar-refractivity contribution in [1.29, 1.82) is 0 Å². The number of hydrogen-bond acceptors (Lipinski definition) is 1. The highest BCUT2D eigenvalue weighted by molar-refractivity contribution is 9.09. The molecule has 2 nitrogen and oxygen atoms in total. The van der Waals surface area contributed by atoms with Gasteiger partial charge in [0.15, 0.2) is 0 Å². The van der Waals surface area contributed by atoms with E-state index in [1.807, 2.05) is 6.92 Å². The van der Waals surface area contributed by atoms with Crippen LogP contribution in [0.3, 0.4) is 0 Å². The van der Waals surface area contributed by atoms with Crippen molar-refractivity contribution in [2.45, 2.75) is 32.5 Å². The van der Waals surface area contributed by atoms with Gasteiger partial charge in [-0.3, -0.25) is 4.79 Å². The first-order chi connectivity index (χ1) is 8.40. The minimum Gasteiger partial charge on any atom is -0.304 e. The second kappa shape index (κ2) is 6.41. The Hall–Kier alpha value is -0.780. The molecular formula is C12H15BrF3NO. The zero-order valence-corrected chi connectivity index (χ0v) is 11.6. The summed E-state index contributed by atoms with van der Waals surface area (Å²) in [4.78, 5) is 11.6. The van der Waals surface area contributed by atoms with E-state index < -0.39 is 17.4 Å². The van der Waals surface area contributed by atoms with Crippen LogP contribution in [0.25, 0.3) is 0 Å². The standard InChI is InChI=1S/C12H15BrF3NO/c1-2-4-9(7-13)8-17-10(12(14,15)16)5-3-6-11(17)18/h3,5-6,9H,2,4,7-8H2,1H3. The van der Waals surface area contributed by atoms with Crippen molar-refractivity contribution in [3.8, 4) is 0 Å². The fourth-order valence-electron chi connectivity index (χ4n) is 1.84. The first kappa shape index (κ1) is 15.3. The number of nitrogens with zero attached hydrogens (tertiary/aromatic N) is 1. The van der Waals surface area contributed by atoms with Crippen LogP contribution in [0.5, 0.6) is 0 Å². The molecule has 0 aliphatic carbocycles. The van der Waals surface area contributed by atoms with Crippen molar-refractivity contribution in [2.75, 3.05) is 5.33 Å². The highest BCUT2D eigenvalue weighted by atomic mass is 79.9. The van der Waals surface area contributed by atoms with E-state index in [1.165, 1.54) is 0 Å². The maximum atomic E-state index is 12.8. The highest BCUT2D eigenvalue weighted by Crippen LogP contribution is 2.28. The molecule has 1 atom stereocenters. The third-order valence-electron chi connectivity index (χ3n) is 2.70. The van der Waals surface area contributed by atoms with E-state index in [2.05, 4.69) is 15.9 Å². The van der Waals surface area contributed by atoms with E-state index >= 15 is 0 Å². The van der Waals surface area contributed by atoms with Gasteiger partial charge in [0.2, 0.25) is 0 Å². The maximum Gasteiger partial charge on any atom is 0.431 e. The van der Waals surface area contributed by atoms with Gasteiger partial charge >= 0.3 is 6.18 Å². The van der Waals surface area contributed by atoms with Crippen LogP contribution in [0.1, 0.15) is 25.5 Å². The van der Waals surface area contributed by atoms with Crippen LogP contribution >= 0.6 is 15.9 Å². The molecule has 1 heterocycles. The Labute approximate surface area is 112 Å². The third-order valence-corrected chi connectivity index (χ3v) is 3.61. The molecule has 6 heteroatoms. The molecule has 0 aromatic carbocycles. The molecule has 0 fully saturated rings. The highest BCUT2D eigenvalue weighted by Gasteiger charge is 2.34. The average Bonchev–Trinajstić information content (AvgIpc) is 2.29. The van der Waals surface area contributed by atoms with Crippen LogP contribution in [0.15, 0.2) is 23.0 Å². The predicted octanol–water partition coefficient (Wildman–Crippen LogP) is 3.68. The second-order valence-corrected chi connectivity index (χ2v) is 4.81. The molecule has 0 N–H and O–H groups in total. The minimum atomic E-state index is -4.50. The topological polar surface area (TPSA) is 22.0 Å². The summed E-state index contributed by atoms with van der Waals surface area (Å²) < 4.78 is 39.2. The summed E-state index contributed by atoms with van der Waals surface area (Å²) >= 11 is 3.28. The SMILES string of the molecule is CCCC(CBr)Cn1c(C(F)(F)F)cccc1=O. The Morgan fingerprint density at radius 2 is 2.06 bits per heavy atom. The molecule has 1 aromatic heterocycles. The first-order valence-corrected chi connectivity index (χ1v) is 6.85. The summed E-state index contributed by atoms with van der Waals surface area (Å²) in [7, 11) is 0. The van der Waals surface area contributed by atoms with Crippen LogP contribution in [0.2, 0.25) is 0 Å². The largest absolute Gasteiger partial charge is 0.431 e. The second-order valence-electron chi connectivity index (χ2n) is 4.17. The van der Waals surface area contributed by atoms with Crippen LogP contribution in [0, 0.1) is 5.92 Å². The zero-order chi connectivity index (χ0) is 13.8. The molecule has 0 amide bonds. The lowest BCUT2D eigenvalue weighted by atomic mass is 10.1. The van der Waals surface area contributed by atoms with Crippen LogP contribution in [-0.2, 0) is 12.7 Å². The summed E-state index contributed by atoms with van der Waals surface area (Å²) in [6, 6.07) is 3.25. The van der Waals surface area contributed by atoms with Crippen LogP contribution < -0.4 is 5.56 Å². The molecule has 0 spiro atoms. The van der Waals surface area contributed by atoms with Gasteiger partial charge < -0.3 is 4.57 Å². The van der Waals surface area contributed by atoms with Crippen molar-refractivity contribution in [2.24, 2.45) is 5.92 Å². The molecule has 0 bridgehead atoms. The molecule has 1 rings (SSSR count). The molecule has 102 valence electrons. The van der Waals surface area contributed by atoms with Gasteiger partial charge in [0.1, 0.15) is 5.69 Å². The molecule has 0 aliphatic heterocycles. The molecular weight excluding hydrogens is 311 g/mol. The Morgan fingerprint density at radius 1 is 1.39 bits per heavy atom. The van der Waals surface area contributed by atoms with Crippen molar-refractivity contribution < 1.29 is 13.2 Å². The van der Waals surface area contributed by atoms with Gasteiger partial charge in [0, 0.05) is 17.9 Å². The maximum absolute atomic E-state index is 12.8. The fraction of sp³-hybridized carbons (Fsp3) is 0.583. The van der Waals surface area contributed by atoms with E-state index in [0.29, 0.717) is 5.33 Å². The minimum absolute atomic E-state index is 0.0243. The number of hydrogen-bond donors (Lipinski definition) is 0. The molecule has 0 saturated heterocycles. The van der Waals surface area contributed by atoms with E-state index in [1.54, 1.807) is 0 Å². The molecule has 1 aromatic rings. The normalized spacial score (nSPS) is 13.6. The smallest absolute Gasteiger partial charge is 0.304 e. The first-order valence-electron chi connectivity index (χ1n) is 5.73. The van der Waals surface area contributed by atoms with Gasteiger partial charge in [-0.2, -0.15) is 13.2 Å². The number of rotatable bonds is 5. The molecule has 18 heavy (non-hydrogen) atoms. The summed E-state index contributed by atoms with van der Waals surface area (Å²) in [5.74, 6) is 0.0243. The number of pyridine rings is 1. The van der Waals surface area contributed by atoms with Crippen molar-refractivity contribution in [3.63, 3.8) is 0 Å². The Kier molecular flexibility index (Phi) is 5.44. The number of halogens is 4. The van der Waals surface area contributed by atoms with Crippen molar-refractivity contribution >= 4 is 15.9 Å². The van der Waals surface area contributed by atoms with Gasteiger partial charge in [-0.1, -0.05) is 35.3 Å². The monoisotopic (exact) mass is 325 g/mol. The Morgan fingerprint density at radius 3 is 2.56 bits per heavy atom. The number of alkyl halides is 4. The van der Waals surface area contributed by atoms with E-state index in [0.717, 1.165) is 35.6 Å². The van der Waals surface area contributed by atoms with E-state index in [4.69, 9.17) is 0 Å². The molecule has 0 saturated carbocycles. The van der Waals surface area contributed by atoms with Crippen LogP contribution in [-0.4, -0.2) is 9.90 Å². The Bertz CT molecular complexity index is 442. The van der Waals surface area contributed by atoms with E-state index in [-0.39, 0.29) is 12.5 Å². The summed E-state index contributed by atoms with van der Waals surface area (Å²) in [6.45, 7) is 2.06. The van der Waals surface area contributed by atoms with Gasteiger partial charge in [0.25, 0.3) is 5.56 Å². The van der Waals surface area contributed by atoms with Gasteiger partial charge in [-0.25, -0.2) is 0 Å². The van der Waals surface area contributed by atoms with E-state index in [9.17, 15) is 18.0 Å². The molecule has 0 aliphatic rings. The lowest BCUT2D eigenvalue weighted by Crippen LogP contribution is -2.30. The van der Waals surface area contributed by atoms with Crippen LogP contribution in [0.4, 0.5) is 13.2 Å². The summed E-state index contributed by atoms with van der Waals surface area (Å²) in [6.07, 6.45) is -2.84. The van der Waals surface area contributed by atoms with Gasteiger partial charge in [-0.15, -0.1) is 0 Å². The zero-order valence-electron chi connectivity index (χ0n) is 10.0. The summed E-state index contributed by atoms with van der Waals surface area (Å²) in [5.41, 5.74) is -1.48. The Balaban J connectivity index is 3.10. The van der Waals surface area contributed by atoms with Gasteiger partial charge in [-0.05, 0) is 18.4 Å². The van der Waals surface area contributed by atoms with Crippen molar-refractivity contribution in [1.82, 2.24) is 4.57 Å². The third kappa shape index (κ3) is 3.86.